The molecule has 0 fully saturated rings. The highest BCUT2D eigenvalue weighted by atomic mass is 16.2. The van der Waals surface area contributed by atoms with E-state index < -0.39 is 0 Å². The van der Waals surface area contributed by atoms with Gasteiger partial charge in [0.15, 0.2) is 0 Å². The minimum Gasteiger partial charge on any atom is -0.336 e. The topological polar surface area (TPSA) is 55.2 Å². The summed E-state index contributed by atoms with van der Waals surface area (Å²) in [7, 11) is 0. The van der Waals surface area contributed by atoms with Crippen LogP contribution in [0.1, 0.15) is 95.1 Å². The second-order valence-corrected chi connectivity index (χ2v) is 9.35. The van der Waals surface area contributed by atoms with Gasteiger partial charge in [-0.2, -0.15) is 0 Å². The van der Waals surface area contributed by atoms with Crippen molar-refractivity contribution in [2.75, 3.05) is 6.54 Å². The number of amides is 1. The normalized spacial score (nSPS) is 12.2. The summed E-state index contributed by atoms with van der Waals surface area (Å²) in [6, 6.07) is 19.7. The highest BCUT2D eigenvalue weighted by molar-refractivity contribution is 5.76. The molecule has 0 atom stereocenters. The number of hydrogen-bond acceptors (Lipinski definition) is 3. The molecule has 0 radical (unpaired) electrons. The van der Waals surface area contributed by atoms with Gasteiger partial charge in [0.1, 0.15) is 5.82 Å². The van der Waals surface area contributed by atoms with Crippen LogP contribution in [0.2, 0.25) is 0 Å². The maximum atomic E-state index is 13.9. The Bertz CT molecular complexity index is 1160. The fourth-order valence-electron chi connectivity index (χ4n) is 4.71. The lowest BCUT2D eigenvalue weighted by atomic mass is 9.97. The highest BCUT2D eigenvalue weighted by Crippen LogP contribution is 2.28. The molecule has 0 aliphatic carbocycles. The second-order valence-electron chi connectivity index (χ2n) is 9.35. The summed E-state index contributed by atoms with van der Waals surface area (Å²) in [5, 5.41) is 0. The quantitative estimate of drug-likeness (QED) is 0.317. The van der Waals surface area contributed by atoms with Crippen molar-refractivity contribution in [2.45, 2.75) is 79.8 Å². The van der Waals surface area contributed by atoms with Gasteiger partial charge in [0.05, 0.1) is 18.3 Å². The smallest absolute Gasteiger partial charge is 0.258 e. The van der Waals surface area contributed by atoms with E-state index in [4.69, 9.17) is 4.98 Å². The van der Waals surface area contributed by atoms with Crippen molar-refractivity contribution in [2.24, 2.45) is 5.92 Å². The van der Waals surface area contributed by atoms with Gasteiger partial charge in [0, 0.05) is 18.5 Å². The summed E-state index contributed by atoms with van der Waals surface area (Å²) in [5.41, 5.74) is 3.37. The molecule has 0 bridgehead atoms. The molecule has 0 N–H and O–H groups in total. The average Bonchev–Trinajstić information content (AvgIpc) is 2.97. The zero-order chi connectivity index (χ0) is 28.1. The maximum Gasteiger partial charge on any atom is 0.258 e. The molecule has 204 valence electrons. The van der Waals surface area contributed by atoms with Crippen molar-refractivity contribution in [1.82, 2.24) is 14.5 Å². The third-order valence-electron chi connectivity index (χ3n) is 6.49. The number of hydrogen-bond donors (Lipinski definition) is 0. The molecular weight excluding hydrogens is 470 g/mol. The Morgan fingerprint density at radius 1 is 0.974 bits per heavy atom. The summed E-state index contributed by atoms with van der Waals surface area (Å²) >= 11 is 0. The monoisotopic (exact) mass is 515 g/mol. The lowest BCUT2D eigenvalue weighted by Crippen LogP contribution is -2.42. The number of fused-ring (bicyclic) bond motifs is 1. The van der Waals surface area contributed by atoms with Crippen LogP contribution in [0.25, 0.3) is 6.08 Å². The van der Waals surface area contributed by atoms with Gasteiger partial charge in [-0.25, -0.2) is 4.98 Å². The fraction of sp³-hybridized carbons (Fsp3) is 0.424. The molecule has 0 spiro atoms. The minimum atomic E-state index is -0.309. The molecule has 0 unspecified atom stereocenters. The van der Waals surface area contributed by atoms with Crippen LogP contribution >= 0.6 is 0 Å². The summed E-state index contributed by atoms with van der Waals surface area (Å²) in [6.07, 6.45) is 4.64. The van der Waals surface area contributed by atoms with E-state index in [1.54, 1.807) is 10.6 Å². The second kappa shape index (κ2) is 15.7. The van der Waals surface area contributed by atoms with Crippen molar-refractivity contribution >= 4 is 12.0 Å². The predicted octanol–water partition coefficient (Wildman–Crippen LogP) is 7.29. The molecule has 5 nitrogen and oxygen atoms in total. The number of rotatable bonds is 8. The molecule has 2 aromatic carbocycles. The van der Waals surface area contributed by atoms with Gasteiger partial charge in [-0.3, -0.25) is 14.2 Å². The molecular formula is C33H45N3O2. The van der Waals surface area contributed by atoms with E-state index >= 15 is 0 Å². The van der Waals surface area contributed by atoms with Gasteiger partial charge in [-0.1, -0.05) is 115 Å². The Morgan fingerprint density at radius 3 is 2.03 bits per heavy atom. The Balaban J connectivity index is 0.00000121. The van der Waals surface area contributed by atoms with Gasteiger partial charge in [-0.15, -0.1) is 0 Å². The van der Waals surface area contributed by atoms with Crippen LogP contribution in [0, 0.1) is 5.92 Å². The Morgan fingerprint density at radius 2 is 1.53 bits per heavy atom. The van der Waals surface area contributed by atoms with Crippen LogP contribution in [0.15, 0.2) is 72.0 Å². The van der Waals surface area contributed by atoms with Crippen molar-refractivity contribution in [3.8, 4) is 0 Å². The van der Waals surface area contributed by atoms with Gasteiger partial charge in [0.2, 0.25) is 5.91 Å². The zero-order valence-electron chi connectivity index (χ0n) is 24.1. The molecule has 0 saturated heterocycles. The Hall–Kier alpha value is -3.47. The van der Waals surface area contributed by atoms with Crippen LogP contribution in [0.3, 0.4) is 0 Å². The molecule has 1 aliphatic heterocycles. The van der Waals surface area contributed by atoms with E-state index in [-0.39, 0.29) is 17.5 Å². The third-order valence-corrected chi connectivity index (χ3v) is 6.49. The minimum absolute atomic E-state index is 0.0514. The number of carbonyl (C=O) groups is 1. The first kappa shape index (κ1) is 30.8. The first-order valence-corrected chi connectivity index (χ1v) is 14.1. The van der Waals surface area contributed by atoms with Crippen LogP contribution in [0.4, 0.5) is 0 Å². The first-order valence-electron chi connectivity index (χ1n) is 14.1. The first-order chi connectivity index (χ1) is 18.5. The molecule has 1 amide bonds. The van der Waals surface area contributed by atoms with E-state index in [1.165, 1.54) is 0 Å². The summed E-state index contributed by atoms with van der Waals surface area (Å²) < 4.78 is 1.76. The largest absolute Gasteiger partial charge is 0.336 e. The number of carbonyl (C=O) groups excluding carboxylic acids is 1. The van der Waals surface area contributed by atoms with Crippen molar-refractivity contribution < 1.29 is 4.79 Å². The summed E-state index contributed by atoms with van der Waals surface area (Å²) in [4.78, 5) is 33.3. The lowest BCUT2D eigenvalue weighted by molar-refractivity contribution is -0.132. The molecule has 1 aromatic heterocycles. The Kier molecular flexibility index (Phi) is 12.7. The van der Waals surface area contributed by atoms with E-state index in [1.807, 2.05) is 93.3 Å². The molecule has 0 saturated carbocycles. The van der Waals surface area contributed by atoms with Crippen LogP contribution in [-0.4, -0.2) is 26.9 Å². The van der Waals surface area contributed by atoms with Crippen LogP contribution < -0.4 is 5.56 Å². The van der Waals surface area contributed by atoms with Gasteiger partial charge in [-0.05, 0) is 36.0 Å². The molecule has 3 aromatic rings. The maximum absolute atomic E-state index is 13.9. The third kappa shape index (κ3) is 7.53. The summed E-state index contributed by atoms with van der Waals surface area (Å²) in [6.45, 7) is 17.2. The van der Waals surface area contributed by atoms with E-state index in [2.05, 4.69) is 20.4 Å². The lowest BCUT2D eigenvalue weighted by Gasteiger charge is -2.30. The number of benzene rings is 2. The number of nitrogens with zero attached hydrogens (tertiary/aromatic N) is 3. The van der Waals surface area contributed by atoms with Gasteiger partial charge in [0.25, 0.3) is 5.56 Å². The van der Waals surface area contributed by atoms with Crippen molar-refractivity contribution in [1.29, 1.82) is 0 Å². The van der Waals surface area contributed by atoms with E-state index in [0.29, 0.717) is 48.9 Å². The van der Waals surface area contributed by atoms with Crippen molar-refractivity contribution in [3.63, 3.8) is 0 Å². The summed E-state index contributed by atoms with van der Waals surface area (Å²) in [5.74, 6) is 1.26. The molecule has 1 aliphatic rings. The molecule has 4 rings (SSSR count). The predicted molar refractivity (Wildman–Crippen MR) is 159 cm³/mol. The fourth-order valence-corrected chi connectivity index (χ4v) is 4.71. The van der Waals surface area contributed by atoms with Crippen LogP contribution in [-0.2, 0) is 17.8 Å². The molecule has 2 heterocycles. The van der Waals surface area contributed by atoms with Gasteiger partial charge >= 0.3 is 0 Å². The SMILES string of the molecule is C=Cc1nc2c(c(=O)n1C(c1ccccc1)c1ccccc1)CCN(C(=O)CCCC(C)C)C2.CC.CC. The van der Waals surface area contributed by atoms with E-state index in [0.717, 1.165) is 24.0 Å². The van der Waals surface area contributed by atoms with Gasteiger partial charge < -0.3 is 4.90 Å². The molecule has 5 heteroatoms. The highest BCUT2D eigenvalue weighted by Gasteiger charge is 2.28. The molecule has 38 heavy (non-hydrogen) atoms. The number of aromatic nitrogens is 2. The van der Waals surface area contributed by atoms with Crippen LogP contribution in [0.5, 0.6) is 0 Å². The van der Waals surface area contributed by atoms with E-state index in [9.17, 15) is 9.59 Å². The van der Waals surface area contributed by atoms with Crippen molar-refractivity contribution in [3.05, 3.63) is 106 Å². The average molecular weight is 516 g/mol. The zero-order valence-corrected chi connectivity index (χ0v) is 24.1. The standard InChI is InChI=1S/C29H33N3O2.2C2H6/c1-4-26-30-25-20-31(27(33)17-11-12-21(2)3)19-18-24(25)29(34)32(26)28(22-13-7-5-8-14-22)23-15-9-6-10-16-23;2*1-2/h4-10,13-16,21,28H,1,11-12,17-20H2,2-3H3;2*1-2H3. The Labute approximate surface area is 229 Å².